The number of hydrogen-bond donors (Lipinski definition) is 2. The van der Waals surface area contributed by atoms with Gasteiger partial charge in [0.15, 0.2) is 5.69 Å². The Kier molecular flexibility index (Phi) is 4.17. The Bertz CT molecular complexity index is 630. The Hall–Kier alpha value is -2.64. The van der Waals surface area contributed by atoms with E-state index in [-0.39, 0.29) is 11.7 Å². The molecule has 1 fully saturated rings. The monoisotopic (exact) mass is 303 g/mol. The zero-order chi connectivity index (χ0) is 15.4. The molecule has 0 amide bonds. The van der Waals surface area contributed by atoms with Crippen LogP contribution in [0.5, 0.6) is 0 Å². The third-order valence-corrected chi connectivity index (χ3v) is 3.62. The van der Waals surface area contributed by atoms with Gasteiger partial charge >= 0.3 is 5.97 Å². The van der Waals surface area contributed by atoms with Crippen LogP contribution >= 0.6 is 0 Å². The van der Waals surface area contributed by atoms with E-state index in [0.29, 0.717) is 12.5 Å². The third kappa shape index (κ3) is 3.33. The van der Waals surface area contributed by atoms with Crippen molar-refractivity contribution in [2.45, 2.75) is 12.8 Å². The van der Waals surface area contributed by atoms with Crippen molar-refractivity contribution in [3.8, 4) is 0 Å². The van der Waals surface area contributed by atoms with Crippen LogP contribution in [0.3, 0.4) is 0 Å². The molecule has 0 aromatic carbocycles. The SMILES string of the molecule is O=C(O)c1coc(NCC2CCCN(c3ncccn3)C2)n1. The van der Waals surface area contributed by atoms with E-state index in [4.69, 9.17) is 9.52 Å². The average molecular weight is 303 g/mol. The minimum atomic E-state index is -1.10. The summed E-state index contributed by atoms with van der Waals surface area (Å²) in [5, 5.41) is 11.9. The van der Waals surface area contributed by atoms with Gasteiger partial charge in [-0.05, 0) is 24.8 Å². The number of carboxylic acid groups (broad SMARTS) is 1. The number of rotatable bonds is 5. The largest absolute Gasteiger partial charge is 0.476 e. The molecule has 1 saturated heterocycles. The van der Waals surface area contributed by atoms with Gasteiger partial charge in [-0.15, -0.1) is 0 Å². The van der Waals surface area contributed by atoms with Gasteiger partial charge < -0.3 is 19.7 Å². The first-order valence-electron chi connectivity index (χ1n) is 7.17. The molecule has 8 nitrogen and oxygen atoms in total. The predicted octanol–water partition coefficient (Wildman–Crippen LogP) is 1.49. The van der Waals surface area contributed by atoms with Gasteiger partial charge in [0.05, 0.1) is 0 Å². The van der Waals surface area contributed by atoms with Crippen LogP contribution in [-0.4, -0.2) is 45.7 Å². The number of anilines is 2. The highest BCUT2D eigenvalue weighted by Crippen LogP contribution is 2.20. The molecular formula is C14H17N5O3. The minimum Gasteiger partial charge on any atom is -0.476 e. The molecule has 1 unspecified atom stereocenters. The van der Waals surface area contributed by atoms with E-state index in [2.05, 4.69) is 25.2 Å². The van der Waals surface area contributed by atoms with Gasteiger partial charge in [-0.3, -0.25) is 0 Å². The number of aromatic carboxylic acids is 1. The lowest BCUT2D eigenvalue weighted by Crippen LogP contribution is -2.39. The van der Waals surface area contributed by atoms with Crippen molar-refractivity contribution in [2.24, 2.45) is 5.92 Å². The lowest BCUT2D eigenvalue weighted by molar-refractivity contribution is 0.0690. The molecule has 0 aliphatic carbocycles. The molecule has 0 bridgehead atoms. The van der Waals surface area contributed by atoms with Crippen LogP contribution in [-0.2, 0) is 0 Å². The highest BCUT2D eigenvalue weighted by Gasteiger charge is 2.22. The van der Waals surface area contributed by atoms with Crippen molar-refractivity contribution >= 4 is 17.9 Å². The van der Waals surface area contributed by atoms with Crippen LogP contribution in [0.25, 0.3) is 0 Å². The quantitative estimate of drug-likeness (QED) is 0.856. The van der Waals surface area contributed by atoms with E-state index in [1.54, 1.807) is 18.5 Å². The van der Waals surface area contributed by atoms with Crippen LogP contribution in [0.1, 0.15) is 23.3 Å². The molecule has 1 aliphatic rings. The van der Waals surface area contributed by atoms with Gasteiger partial charge in [-0.25, -0.2) is 14.8 Å². The van der Waals surface area contributed by atoms with Crippen LogP contribution < -0.4 is 10.2 Å². The van der Waals surface area contributed by atoms with E-state index >= 15 is 0 Å². The first kappa shape index (κ1) is 14.3. The number of carbonyl (C=O) groups is 1. The molecule has 1 atom stereocenters. The maximum absolute atomic E-state index is 10.7. The van der Waals surface area contributed by atoms with Gasteiger partial charge in [0.2, 0.25) is 5.95 Å². The number of hydrogen-bond acceptors (Lipinski definition) is 7. The molecule has 1 aliphatic heterocycles. The van der Waals surface area contributed by atoms with Gasteiger partial charge in [0.25, 0.3) is 6.01 Å². The molecule has 0 saturated carbocycles. The van der Waals surface area contributed by atoms with Gasteiger partial charge in [0, 0.05) is 32.0 Å². The van der Waals surface area contributed by atoms with E-state index in [1.807, 2.05) is 0 Å². The highest BCUT2D eigenvalue weighted by molar-refractivity contribution is 5.85. The van der Waals surface area contributed by atoms with E-state index in [9.17, 15) is 4.79 Å². The van der Waals surface area contributed by atoms with Crippen molar-refractivity contribution in [1.29, 1.82) is 0 Å². The van der Waals surface area contributed by atoms with Gasteiger partial charge in [-0.1, -0.05) is 0 Å². The first-order chi connectivity index (χ1) is 10.7. The van der Waals surface area contributed by atoms with Gasteiger partial charge in [0.1, 0.15) is 6.26 Å². The van der Waals surface area contributed by atoms with Crippen molar-refractivity contribution in [3.63, 3.8) is 0 Å². The second kappa shape index (κ2) is 6.42. The highest BCUT2D eigenvalue weighted by atomic mass is 16.4. The zero-order valence-corrected chi connectivity index (χ0v) is 12.0. The Balaban J connectivity index is 1.55. The van der Waals surface area contributed by atoms with Crippen LogP contribution in [0.4, 0.5) is 12.0 Å². The molecule has 0 radical (unpaired) electrons. The molecule has 0 spiro atoms. The molecule has 3 rings (SSSR count). The van der Waals surface area contributed by atoms with E-state index in [1.165, 1.54) is 0 Å². The fourth-order valence-corrected chi connectivity index (χ4v) is 2.55. The standard InChI is InChI=1S/C14H17N5O3/c20-12(21)11-9-22-14(18-11)17-7-10-3-1-6-19(8-10)13-15-4-2-5-16-13/h2,4-5,9-10H,1,3,6-8H2,(H,17,18)(H,20,21). The van der Waals surface area contributed by atoms with Crippen LogP contribution in [0, 0.1) is 5.92 Å². The summed E-state index contributed by atoms with van der Waals surface area (Å²) >= 11 is 0. The van der Waals surface area contributed by atoms with Crippen LogP contribution in [0.15, 0.2) is 29.1 Å². The molecule has 8 heteroatoms. The fourth-order valence-electron chi connectivity index (χ4n) is 2.55. The summed E-state index contributed by atoms with van der Waals surface area (Å²) in [6, 6.07) is 2.04. The molecule has 116 valence electrons. The Labute approximate surface area is 127 Å². The summed E-state index contributed by atoms with van der Waals surface area (Å²) in [7, 11) is 0. The lowest BCUT2D eigenvalue weighted by Gasteiger charge is -2.32. The number of nitrogens with one attached hydrogen (secondary N) is 1. The zero-order valence-electron chi connectivity index (χ0n) is 12.0. The number of nitrogens with zero attached hydrogens (tertiary/aromatic N) is 4. The maximum Gasteiger partial charge on any atom is 0.357 e. The molecule has 3 heterocycles. The van der Waals surface area contributed by atoms with Gasteiger partial charge in [-0.2, -0.15) is 4.98 Å². The Morgan fingerprint density at radius 1 is 1.45 bits per heavy atom. The summed E-state index contributed by atoms with van der Waals surface area (Å²) in [4.78, 5) is 25.3. The summed E-state index contributed by atoms with van der Waals surface area (Å²) in [6.07, 6.45) is 6.77. The average Bonchev–Trinajstić information content (AvgIpc) is 3.03. The molecular weight excluding hydrogens is 286 g/mol. The molecule has 22 heavy (non-hydrogen) atoms. The second-order valence-electron chi connectivity index (χ2n) is 5.23. The Morgan fingerprint density at radius 2 is 2.27 bits per heavy atom. The summed E-state index contributed by atoms with van der Waals surface area (Å²) in [5.74, 6) is 0.0519. The molecule has 2 aromatic rings. The summed E-state index contributed by atoms with van der Waals surface area (Å²) in [5.41, 5.74) is -0.0922. The topological polar surface area (TPSA) is 104 Å². The summed E-state index contributed by atoms with van der Waals surface area (Å²) in [6.45, 7) is 2.47. The number of aromatic nitrogens is 3. The second-order valence-corrected chi connectivity index (χ2v) is 5.23. The van der Waals surface area contributed by atoms with Crippen molar-refractivity contribution in [1.82, 2.24) is 15.0 Å². The predicted molar refractivity (Wildman–Crippen MR) is 78.9 cm³/mol. The number of carboxylic acids is 1. The summed E-state index contributed by atoms with van der Waals surface area (Å²) < 4.78 is 5.09. The smallest absolute Gasteiger partial charge is 0.357 e. The molecule has 2 aromatic heterocycles. The number of piperidine rings is 1. The van der Waals surface area contributed by atoms with E-state index < -0.39 is 5.97 Å². The third-order valence-electron chi connectivity index (χ3n) is 3.62. The number of oxazole rings is 1. The van der Waals surface area contributed by atoms with E-state index in [0.717, 1.165) is 38.1 Å². The van der Waals surface area contributed by atoms with Crippen molar-refractivity contribution in [3.05, 3.63) is 30.4 Å². The maximum atomic E-state index is 10.7. The van der Waals surface area contributed by atoms with Crippen LogP contribution in [0.2, 0.25) is 0 Å². The molecule has 2 N–H and O–H groups in total. The Morgan fingerprint density at radius 3 is 3.00 bits per heavy atom. The lowest BCUT2D eigenvalue weighted by atomic mass is 9.98. The van der Waals surface area contributed by atoms with Crippen molar-refractivity contribution < 1.29 is 14.3 Å². The minimum absolute atomic E-state index is 0.0922. The normalized spacial score (nSPS) is 18.2. The van der Waals surface area contributed by atoms with Crippen molar-refractivity contribution in [2.75, 3.05) is 29.9 Å². The fraction of sp³-hybridized carbons (Fsp3) is 0.429. The first-order valence-corrected chi connectivity index (χ1v) is 7.17.